The Labute approximate surface area is 151 Å². The zero-order valence-corrected chi connectivity index (χ0v) is 14.7. The number of hydrogen-bond donors (Lipinski definition) is 2. The lowest BCUT2D eigenvalue weighted by Gasteiger charge is -2.32. The summed E-state index contributed by atoms with van der Waals surface area (Å²) in [6.07, 6.45) is 4.67. The monoisotopic (exact) mass is 361 g/mol. The zero-order chi connectivity index (χ0) is 18.8. The number of fused-ring (bicyclic) bond motifs is 1. The van der Waals surface area contributed by atoms with E-state index in [0.717, 1.165) is 31.2 Å². The molecule has 1 aromatic carbocycles. The van der Waals surface area contributed by atoms with Crippen LogP contribution in [0.5, 0.6) is 0 Å². The molecule has 1 saturated carbocycles. The molecule has 8 nitrogen and oxygen atoms in total. The fraction of sp³-hybridized carbons (Fsp3) is 0.556. The van der Waals surface area contributed by atoms with Gasteiger partial charge >= 0.3 is 5.97 Å². The van der Waals surface area contributed by atoms with E-state index in [1.54, 1.807) is 17.9 Å². The van der Waals surface area contributed by atoms with E-state index >= 15 is 0 Å². The predicted molar refractivity (Wildman–Crippen MR) is 95.0 cm³/mol. The first-order valence-electron chi connectivity index (χ1n) is 8.90. The van der Waals surface area contributed by atoms with Gasteiger partial charge in [0.25, 0.3) is 5.69 Å². The van der Waals surface area contributed by atoms with Crippen molar-refractivity contribution in [3.05, 3.63) is 33.9 Å². The standard InChI is InChI=1S/C18H23N3O5/c1-11-6-7-13(21(25)26)9-14(11)19-17(22)10-20-15-5-3-2-4-12(15)8-16(20)18(23)24/h6-7,9,12,15-16H,2-5,8,10H2,1H3,(H,19,22)(H,23,24). The minimum absolute atomic E-state index is 0.0136. The van der Waals surface area contributed by atoms with Crippen LogP contribution in [0.1, 0.15) is 37.7 Å². The molecule has 2 aliphatic rings. The number of likely N-dealkylation sites (tertiary alicyclic amines) is 1. The summed E-state index contributed by atoms with van der Waals surface area (Å²) in [6, 6.07) is 3.79. The van der Waals surface area contributed by atoms with Crippen LogP contribution in [0, 0.1) is 23.0 Å². The molecule has 0 radical (unpaired) electrons. The Bertz CT molecular complexity index is 736. The van der Waals surface area contributed by atoms with E-state index in [4.69, 9.17) is 0 Å². The maximum atomic E-state index is 12.5. The van der Waals surface area contributed by atoms with Gasteiger partial charge in [0, 0.05) is 18.2 Å². The van der Waals surface area contributed by atoms with Crippen LogP contribution in [-0.4, -0.2) is 45.4 Å². The van der Waals surface area contributed by atoms with Gasteiger partial charge in [0.2, 0.25) is 5.91 Å². The molecule has 140 valence electrons. The van der Waals surface area contributed by atoms with Crippen molar-refractivity contribution in [2.45, 2.75) is 51.1 Å². The van der Waals surface area contributed by atoms with E-state index in [0.29, 0.717) is 18.0 Å². The highest BCUT2D eigenvalue weighted by Gasteiger charge is 2.45. The summed E-state index contributed by atoms with van der Waals surface area (Å²) in [6.45, 7) is 1.74. The van der Waals surface area contributed by atoms with E-state index in [9.17, 15) is 24.8 Å². The second-order valence-corrected chi connectivity index (χ2v) is 7.18. The van der Waals surface area contributed by atoms with Crippen LogP contribution in [0.2, 0.25) is 0 Å². The van der Waals surface area contributed by atoms with Gasteiger partial charge in [-0.25, -0.2) is 0 Å². The highest BCUT2D eigenvalue weighted by atomic mass is 16.6. The highest BCUT2D eigenvalue weighted by molar-refractivity contribution is 5.93. The molecule has 2 fully saturated rings. The molecule has 2 N–H and O–H groups in total. The number of nitrogens with one attached hydrogen (secondary N) is 1. The number of nitro groups is 1. The van der Waals surface area contributed by atoms with Gasteiger partial charge in [-0.3, -0.25) is 24.6 Å². The van der Waals surface area contributed by atoms with E-state index in [2.05, 4.69) is 5.32 Å². The fourth-order valence-corrected chi connectivity index (χ4v) is 4.24. The summed E-state index contributed by atoms with van der Waals surface area (Å²) in [5.74, 6) is -0.901. The van der Waals surface area contributed by atoms with Crippen molar-refractivity contribution in [2.24, 2.45) is 5.92 Å². The number of amides is 1. The molecule has 0 spiro atoms. The van der Waals surface area contributed by atoms with E-state index < -0.39 is 16.9 Å². The minimum atomic E-state index is -0.890. The number of benzene rings is 1. The van der Waals surface area contributed by atoms with Crippen molar-refractivity contribution in [3.63, 3.8) is 0 Å². The lowest BCUT2D eigenvalue weighted by molar-refractivity contribution is -0.384. The lowest BCUT2D eigenvalue weighted by atomic mass is 9.85. The molecule has 1 aliphatic heterocycles. The quantitative estimate of drug-likeness (QED) is 0.615. The smallest absolute Gasteiger partial charge is 0.320 e. The third-order valence-electron chi connectivity index (χ3n) is 5.54. The van der Waals surface area contributed by atoms with Gasteiger partial charge in [-0.05, 0) is 37.7 Å². The van der Waals surface area contributed by atoms with Gasteiger partial charge in [0.05, 0.1) is 17.2 Å². The number of carbonyl (C=O) groups is 2. The van der Waals surface area contributed by atoms with Crippen molar-refractivity contribution < 1.29 is 19.6 Å². The number of hydrogen-bond acceptors (Lipinski definition) is 5. The van der Waals surface area contributed by atoms with Crippen molar-refractivity contribution in [3.8, 4) is 0 Å². The van der Waals surface area contributed by atoms with Gasteiger partial charge in [-0.15, -0.1) is 0 Å². The zero-order valence-electron chi connectivity index (χ0n) is 14.7. The summed E-state index contributed by atoms with van der Waals surface area (Å²) >= 11 is 0. The predicted octanol–water partition coefficient (Wildman–Crippen LogP) is 2.56. The molecular weight excluding hydrogens is 338 g/mol. The summed E-state index contributed by atoms with van der Waals surface area (Å²) in [4.78, 5) is 36.4. The molecule has 1 heterocycles. The Morgan fingerprint density at radius 2 is 2.08 bits per heavy atom. The molecule has 3 unspecified atom stereocenters. The van der Waals surface area contributed by atoms with Crippen LogP contribution < -0.4 is 5.32 Å². The molecule has 0 bridgehead atoms. The number of carbonyl (C=O) groups excluding carboxylic acids is 1. The second-order valence-electron chi connectivity index (χ2n) is 7.18. The molecule has 1 aliphatic carbocycles. The molecule has 8 heteroatoms. The first-order valence-corrected chi connectivity index (χ1v) is 8.90. The Morgan fingerprint density at radius 1 is 1.35 bits per heavy atom. The van der Waals surface area contributed by atoms with Crippen LogP contribution in [-0.2, 0) is 9.59 Å². The molecule has 0 aromatic heterocycles. The van der Waals surface area contributed by atoms with E-state index in [-0.39, 0.29) is 24.2 Å². The minimum Gasteiger partial charge on any atom is -0.480 e. The van der Waals surface area contributed by atoms with E-state index in [1.807, 2.05) is 0 Å². The first kappa shape index (κ1) is 18.3. The summed E-state index contributed by atoms with van der Waals surface area (Å²) in [5.41, 5.74) is 1.01. The summed E-state index contributed by atoms with van der Waals surface area (Å²) < 4.78 is 0. The molecule has 3 rings (SSSR count). The van der Waals surface area contributed by atoms with Gasteiger partial charge in [-0.2, -0.15) is 0 Å². The third-order valence-corrected chi connectivity index (χ3v) is 5.54. The number of carboxylic acids is 1. The lowest BCUT2D eigenvalue weighted by Crippen LogP contribution is -2.46. The maximum Gasteiger partial charge on any atom is 0.320 e. The molecule has 26 heavy (non-hydrogen) atoms. The second kappa shape index (κ2) is 7.41. The number of anilines is 1. The number of aliphatic carboxylic acids is 1. The Balaban J connectivity index is 1.73. The molecule has 3 atom stereocenters. The average Bonchev–Trinajstić information content (AvgIpc) is 2.95. The number of nitrogens with zero attached hydrogens (tertiary/aromatic N) is 2. The molecule has 1 aromatic rings. The van der Waals surface area contributed by atoms with Gasteiger partial charge in [0.1, 0.15) is 6.04 Å². The molecule has 1 saturated heterocycles. The first-order chi connectivity index (χ1) is 12.4. The fourth-order valence-electron chi connectivity index (χ4n) is 4.24. The third kappa shape index (κ3) is 3.70. The number of aryl methyl sites for hydroxylation is 1. The van der Waals surface area contributed by atoms with Crippen LogP contribution in [0.3, 0.4) is 0 Å². The van der Waals surface area contributed by atoms with Gasteiger partial charge in [-0.1, -0.05) is 18.9 Å². The normalized spacial score (nSPS) is 25.5. The summed E-state index contributed by atoms with van der Waals surface area (Å²) in [5, 5.41) is 23.2. The number of nitro benzene ring substituents is 1. The Morgan fingerprint density at radius 3 is 2.77 bits per heavy atom. The largest absolute Gasteiger partial charge is 0.480 e. The topological polar surface area (TPSA) is 113 Å². The Kier molecular flexibility index (Phi) is 5.22. The van der Waals surface area contributed by atoms with Crippen LogP contribution >= 0.6 is 0 Å². The maximum absolute atomic E-state index is 12.5. The van der Waals surface area contributed by atoms with Crippen LogP contribution in [0.25, 0.3) is 0 Å². The van der Waals surface area contributed by atoms with Crippen molar-refractivity contribution in [1.29, 1.82) is 0 Å². The number of non-ortho nitro benzene ring substituents is 1. The van der Waals surface area contributed by atoms with Gasteiger partial charge < -0.3 is 10.4 Å². The van der Waals surface area contributed by atoms with Crippen molar-refractivity contribution >= 4 is 23.3 Å². The van der Waals surface area contributed by atoms with Crippen LogP contribution in [0.15, 0.2) is 18.2 Å². The SMILES string of the molecule is Cc1ccc([N+](=O)[O-])cc1NC(=O)CN1C(C(=O)O)CC2CCCCC21. The average molecular weight is 361 g/mol. The van der Waals surface area contributed by atoms with Crippen LogP contribution in [0.4, 0.5) is 11.4 Å². The molecular formula is C18H23N3O5. The molecule has 1 amide bonds. The number of carboxylic acid groups (broad SMARTS) is 1. The van der Waals surface area contributed by atoms with Crippen molar-refractivity contribution in [1.82, 2.24) is 4.90 Å². The van der Waals surface area contributed by atoms with Crippen molar-refractivity contribution in [2.75, 3.05) is 11.9 Å². The van der Waals surface area contributed by atoms with E-state index in [1.165, 1.54) is 12.1 Å². The Hall–Kier alpha value is -2.48. The summed E-state index contributed by atoms with van der Waals surface area (Å²) in [7, 11) is 0. The van der Waals surface area contributed by atoms with Gasteiger partial charge in [0.15, 0.2) is 0 Å². The number of rotatable bonds is 5. The highest BCUT2D eigenvalue weighted by Crippen LogP contribution is 2.39.